The fourth-order valence-corrected chi connectivity index (χ4v) is 2.79. The molecule has 1 fully saturated rings. The van der Waals surface area contributed by atoms with E-state index in [2.05, 4.69) is 17.1 Å². The van der Waals surface area contributed by atoms with Gasteiger partial charge < -0.3 is 11.1 Å². The summed E-state index contributed by atoms with van der Waals surface area (Å²) >= 11 is 5.88. The SMILES string of the molecule is CC1CC(CN)CN1CC(=O)Nc1ccc(F)cc1Cl.Cl. The van der Waals surface area contributed by atoms with Crippen molar-refractivity contribution in [3.05, 3.63) is 29.0 Å². The second kappa shape index (κ2) is 7.94. The van der Waals surface area contributed by atoms with Gasteiger partial charge in [-0.05, 0) is 44.0 Å². The van der Waals surface area contributed by atoms with Crippen LogP contribution in [0.15, 0.2) is 18.2 Å². The Kier molecular flexibility index (Phi) is 6.87. The maximum Gasteiger partial charge on any atom is 0.238 e. The van der Waals surface area contributed by atoms with Gasteiger partial charge in [-0.1, -0.05) is 11.6 Å². The topological polar surface area (TPSA) is 58.4 Å². The van der Waals surface area contributed by atoms with Gasteiger partial charge in [0.15, 0.2) is 0 Å². The summed E-state index contributed by atoms with van der Waals surface area (Å²) in [6.45, 7) is 3.87. The van der Waals surface area contributed by atoms with Crippen molar-refractivity contribution in [1.29, 1.82) is 0 Å². The number of nitrogens with one attached hydrogen (secondary N) is 1. The molecule has 0 spiro atoms. The zero-order valence-corrected chi connectivity index (χ0v) is 13.4. The van der Waals surface area contributed by atoms with Crippen molar-refractivity contribution in [2.45, 2.75) is 19.4 Å². The molecule has 2 atom stereocenters. The van der Waals surface area contributed by atoms with Gasteiger partial charge in [-0.15, -0.1) is 12.4 Å². The Morgan fingerprint density at radius 1 is 1.57 bits per heavy atom. The first-order valence-corrected chi connectivity index (χ1v) is 7.06. The first-order chi connectivity index (χ1) is 9.49. The average Bonchev–Trinajstić information content (AvgIpc) is 2.74. The predicted molar refractivity (Wildman–Crippen MR) is 85.5 cm³/mol. The fraction of sp³-hybridized carbons (Fsp3) is 0.500. The van der Waals surface area contributed by atoms with Crippen LogP contribution in [-0.2, 0) is 4.79 Å². The Hall–Kier alpha value is -0.880. The number of carbonyl (C=O) groups is 1. The lowest BCUT2D eigenvalue weighted by Crippen LogP contribution is -2.36. The smallest absolute Gasteiger partial charge is 0.238 e. The molecule has 1 heterocycles. The second-order valence-electron chi connectivity index (χ2n) is 5.29. The van der Waals surface area contributed by atoms with Crippen molar-refractivity contribution < 1.29 is 9.18 Å². The quantitative estimate of drug-likeness (QED) is 0.888. The molecule has 3 N–H and O–H groups in total. The lowest BCUT2D eigenvalue weighted by molar-refractivity contribution is -0.117. The van der Waals surface area contributed by atoms with Gasteiger partial charge in [0.05, 0.1) is 17.3 Å². The summed E-state index contributed by atoms with van der Waals surface area (Å²) < 4.78 is 12.9. The Balaban J connectivity index is 0.00000220. The van der Waals surface area contributed by atoms with Crippen LogP contribution in [0.2, 0.25) is 5.02 Å². The van der Waals surface area contributed by atoms with Crippen LogP contribution < -0.4 is 11.1 Å². The first kappa shape index (κ1) is 18.2. The summed E-state index contributed by atoms with van der Waals surface area (Å²) in [5, 5.41) is 2.91. The van der Waals surface area contributed by atoms with E-state index in [-0.39, 0.29) is 23.3 Å². The third kappa shape index (κ3) is 4.81. The standard InChI is InChI=1S/C14H19ClFN3O.ClH/c1-9-4-10(6-17)7-19(9)8-14(20)18-13-3-2-11(16)5-12(13)15;/h2-3,5,9-10H,4,6-8,17H2,1H3,(H,18,20);1H. The summed E-state index contributed by atoms with van der Waals surface area (Å²) in [5.74, 6) is -0.123. The van der Waals surface area contributed by atoms with Crippen molar-refractivity contribution >= 4 is 35.6 Å². The number of hydrogen-bond acceptors (Lipinski definition) is 3. The van der Waals surface area contributed by atoms with E-state index in [0.717, 1.165) is 13.0 Å². The van der Waals surface area contributed by atoms with E-state index in [1.165, 1.54) is 18.2 Å². The summed E-state index contributed by atoms with van der Waals surface area (Å²) in [6, 6.07) is 4.26. The highest BCUT2D eigenvalue weighted by atomic mass is 35.5. The number of rotatable bonds is 4. The predicted octanol–water partition coefficient (Wildman–Crippen LogP) is 2.51. The molecule has 2 unspecified atom stereocenters. The highest BCUT2D eigenvalue weighted by Gasteiger charge is 2.29. The number of amides is 1. The van der Waals surface area contributed by atoms with Crippen LogP contribution in [-0.4, -0.2) is 36.5 Å². The Bertz CT molecular complexity index is 501. The number of hydrogen-bond donors (Lipinski definition) is 2. The summed E-state index contributed by atoms with van der Waals surface area (Å²) in [6.07, 6.45) is 1.01. The molecular formula is C14H20Cl2FN3O. The van der Waals surface area contributed by atoms with Gasteiger partial charge in [0, 0.05) is 12.6 Å². The van der Waals surface area contributed by atoms with Gasteiger partial charge in [0.2, 0.25) is 5.91 Å². The largest absolute Gasteiger partial charge is 0.330 e. The number of halogens is 3. The van der Waals surface area contributed by atoms with Crippen LogP contribution in [0.4, 0.5) is 10.1 Å². The zero-order chi connectivity index (χ0) is 14.7. The molecule has 7 heteroatoms. The minimum Gasteiger partial charge on any atom is -0.330 e. The molecule has 118 valence electrons. The van der Waals surface area contributed by atoms with E-state index in [9.17, 15) is 9.18 Å². The van der Waals surface area contributed by atoms with E-state index in [1.807, 2.05) is 0 Å². The van der Waals surface area contributed by atoms with E-state index in [1.54, 1.807) is 0 Å². The van der Waals surface area contributed by atoms with Crippen molar-refractivity contribution in [1.82, 2.24) is 4.90 Å². The van der Waals surface area contributed by atoms with Crippen LogP contribution in [0.5, 0.6) is 0 Å². The summed E-state index contributed by atoms with van der Waals surface area (Å²) in [4.78, 5) is 14.1. The maximum absolute atomic E-state index is 12.9. The van der Waals surface area contributed by atoms with Gasteiger partial charge in [-0.25, -0.2) is 4.39 Å². The number of anilines is 1. The van der Waals surface area contributed by atoms with Crippen LogP contribution >= 0.6 is 24.0 Å². The first-order valence-electron chi connectivity index (χ1n) is 6.68. The van der Waals surface area contributed by atoms with E-state index >= 15 is 0 Å². The highest BCUT2D eigenvalue weighted by molar-refractivity contribution is 6.33. The third-order valence-electron chi connectivity index (χ3n) is 3.68. The third-order valence-corrected chi connectivity index (χ3v) is 3.99. The minimum absolute atomic E-state index is 0. The highest BCUT2D eigenvalue weighted by Crippen LogP contribution is 2.24. The molecule has 0 aliphatic carbocycles. The van der Waals surface area contributed by atoms with Crippen molar-refractivity contribution in [2.75, 3.05) is 25.0 Å². The van der Waals surface area contributed by atoms with Gasteiger partial charge in [-0.3, -0.25) is 9.69 Å². The summed E-state index contributed by atoms with van der Waals surface area (Å²) in [7, 11) is 0. The van der Waals surface area contributed by atoms with Crippen molar-refractivity contribution in [3.63, 3.8) is 0 Å². The van der Waals surface area contributed by atoms with Crippen LogP contribution in [0.1, 0.15) is 13.3 Å². The fourth-order valence-electron chi connectivity index (χ4n) is 2.57. The molecule has 4 nitrogen and oxygen atoms in total. The van der Waals surface area contributed by atoms with E-state index in [0.29, 0.717) is 30.7 Å². The molecule has 21 heavy (non-hydrogen) atoms. The van der Waals surface area contributed by atoms with Gasteiger partial charge in [-0.2, -0.15) is 0 Å². The molecule has 1 aliphatic rings. The lowest BCUT2D eigenvalue weighted by Gasteiger charge is -2.20. The number of likely N-dealkylation sites (tertiary alicyclic amines) is 1. The van der Waals surface area contributed by atoms with Crippen molar-refractivity contribution in [2.24, 2.45) is 11.7 Å². The van der Waals surface area contributed by atoms with Crippen LogP contribution in [0.3, 0.4) is 0 Å². The molecule has 2 rings (SSSR count). The Labute approximate surface area is 135 Å². The molecule has 0 radical (unpaired) electrons. The van der Waals surface area contributed by atoms with Gasteiger partial charge in [0.1, 0.15) is 5.82 Å². The monoisotopic (exact) mass is 335 g/mol. The number of nitrogens with zero attached hydrogens (tertiary/aromatic N) is 1. The molecule has 1 aromatic rings. The van der Waals surface area contributed by atoms with Gasteiger partial charge in [0.25, 0.3) is 0 Å². The average molecular weight is 336 g/mol. The number of carbonyl (C=O) groups excluding carboxylic acids is 1. The molecule has 0 saturated carbocycles. The number of benzene rings is 1. The number of nitrogens with two attached hydrogens (primary N) is 1. The van der Waals surface area contributed by atoms with Gasteiger partial charge >= 0.3 is 0 Å². The molecule has 0 aromatic heterocycles. The molecule has 1 amide bonds. The molecule has 1 aliphatic heterocycles. The Morgan fingerprint density at radius 3 is 2.86 bits per heavy atom. The van der Waals surface area contributed by atoms with Crippen molar-refractivity contribution in [3.8, 4) is 0 Å². The molecular weight excluding hydrogens is 316 g/mol. The molecule has 0 bridgehead atoms. The molecule has 1 saturated heterocycles. The Morgan fingerprint density at radius 2 is 2.29 bits per heavy atom. The minimum atomic E-state index is -0.424. The summed E-state index contributed by atoms with van der Waals surface area (Å²) in [5.41, 5.74) is 6.10. The zero-order valence-electron chi connectivity index (χ0n) is 11.8. The van der Waals surface area contributed by atoms with E-state index in [4.69, 9.17) is 17.3 Å². The lowest BCUT2D eigenvalue weighted by atomic mass is 10.1. The molecule has 1 aromatic carbocycles. The van der Waals surface area contributed by atoms with E-state index < -0.39 is 5.82 Å². The maximum atomic E-state index is 12.9. The second-order valence-corrected chi connectivity index (χ2v) is 5.70. The normalized spacial score (nSPS) is 21.9. The van der Waals surface area contributed by atoms with Crippen LogP contribution in [0.25, 0.3) is 0 Å². The van der Waals surface area contributed by atoms with Crippen LogP contribution in [0, 0.1) is 11.7 Å².